The first kappa shape index (κ1) is 105. The van der Waals surface area contributed by atoms with Crippen molar-refractivity contribution in [2.24, 2.45) is 0 Å². The van der Waals surface area contributed by atoms with Gasteiger partial charge in [-0.25, -0.2) is 0 Å². The molecule has 7 heavy (non-hydrogen) atoms. The van der Waals surface area contributed by atoms with Gasteiger partial charge in [-0.2, -0.15) is 0 Å². The van der Waals surface area contributed by atoms with Gasteiger partial charge in [0.1, 0.15) is 0 Å². The molecule has 0 rings (SSSR count). The maximum Gasteiger partial charge on any atom is 0 e. The van der Waals surface area contributed by atoms with Crippen LogP contribution >= 0.6 is 0 Å². The Kier molecular flexibility index (Phi) is 1100. The summed E-state index contributed by atoms with van der Waals surface area (Å²) >= 11 is 0. The van der Waals surface area contributed by atoms with E-state index in [9.17, 15) is 0 Å². The molecule has 0 aromatic rings. The molecule has 0 N–H and O–H groups in total. The van der Waals surface area contributed by atoms with Gasteiger partial charge in [-0.1, -0.05) is 14.9 Å². The van der Waals surface area contributed by atoms with Gasteiger partial charge in [-0.3, -0.25) is 0 Å². The molecular weight excluding hydrogens is 303 g/mol. The Morgan fingerprint density at radius 3 is 0.286 bits per heavy atom. The molecule has 0 fully saturated rings. The van der Waals surface area contributed by atoms with E-state index < -0.39 is 0 Å². The Labute approximate surface area is 99.1 Å². The molecule has 0 unspecified atom stereocenters. The van der Waals surface area contributed by atoms with Gasteiger partial charge in [0, 0.05) is 85.3 Å². The minimum absolute atomic E-state index is 0. The molecule has 0 amide bonds. The molecule has 0 saturated heterocycles. The predicted octanol–water partition coefficient (Wildman–Crippen LogP) is 1.26. The second kappa shape index (κ2) is 73.6. The molecule has 0 aromatic carbocycles. The molecule has 56 valence electrons. The van der Waals surface area contributed by atoms with Crippen LogP contribution in [0.1, 0.15) is 14.9 Å². The summed E-state index contributed by atoms with van der Waals surface area (Å²) in [5.41, 5.74) is 0. The van der Waals surface area contributed by atoms with E-state index in [0.717, 1.165) is 0 Å². The Morgan fingerprint density at radius 2 is 0.286 bits per heavy atom. The van der Waals surface area contributed by atoms with Gasteiger partial charge in [0.15, 0.2) is 0 Å². The van der Waals surface area contributed by atoms with Crippen LogP contribution in [-0.4, -0.2) is 0 Å². The van der Waals surface area contributed by atoms with Gasteiger partial charge < -0.3 is 0 Å². The van der Waals surface area contributed by atoms with Crippen LogP contribution in [0.15, 0.2) is 0 Å². The Bertz CT molecular complexity index is 6.04. The van der Waals surface area contributed by atoms with E-state index in [2.05, 4.69) is 0 Å². The second-order valence-electron chi connectivity index (χ2n) is 0. The van der Waals surface area contributed by atoms with Crippen LogP contribution < -0.4 is 0 Å². The molecule has 0 aliphatic rings. The molecular formula is C2H8Fe5. The zero-order valence-electron chi connectivity index (χ0n) is 1.77. The quantitative estimate of drug-likeness (QED) is 0.591. The summed E-state index contributed by atoms with van der Waals surface area (Å²) in [5, 5.41) is 0. The van der Waals surface area contributed by atoms with Crippen molar-refractivity contribution >= 4 is 0 Å². The third-order valence-corrected chi connectivity index (χ3v) is 0. The fourth-order valence-corrected chi connectivity index (χ4v) is 0. The molecule has 5 heteroatoms. The van der Waals surface area contributed by atoms with Crippen LogP contribution in [0.2, 0.25) is 0 Å². The van der Waals surface area contributed by atoms with E-state index in [1.54, 1.807) is 0 Å². The minimum atomic E-state index is 0. The summed E-state index contributed by atoms with van der Waals surface area (Å²) in [6, 6.07) is 0. The van der Waals surface area contributed by atoms with E-state index in [0.29, 0.717) is 0 Å². The maximum atomic E-state index is 0. The van der Waals surface area contributed by atoms with E-state index in [1.165, 1.54) is 0 Å². The molecule has 0 aliphatic carbocycles. The standard InChI is InChI=1S/2CH4.5Fe/h2*1H4;;;;;. The molecule has 0 spiro atoms. The average Bonchev–Trinajstić information content (AvgIpc) is 0. The number of hydrogen-bond acceptors (Lipinski definition) is 0. The summed E-state index contributed by atoms with van der Waals surface area (Å²) in [7, 11) is 0. The third kappa shape index (κ3) is 55.5. The van der Waals surface area contributed by atoms with Crippen LogP contribution in [0.4, 0.5) is 0 Å². The first-order valence-corrected chi connectivity index (χ1v) is 0. The van der Waals surface area contributed by atoms with Crippen molar-refractivity contribution < 1.29 is 85.3 Å². The average molecular weight is 311 g/mol. The van der Waals surface area contributed by atoms with Gasteiger partial charge in [-0.05, 0) is 0 Å². The van der Waals surface area contributed by atoms with Crippen LogP contribution in [0, 0.1) is 0 Å². The summed E-state index contributed by atoms with van der Waals surface area (Å²) in [6.45, 7) is 0. The Hall–Kier alpha value is 2.60. The van der Waals surface area contributed by atoms with Crippen LogP contribution in [0.25, 0.3) is 0 Å². The smallest absolute Gasteiger partial charge is 0 e. The van der Waals surface area contributed by atoms with Gasteiger partial charge >= 0.3 is 0 Å². The fraction of sp³-hybridized carbons (Fsp3) is 1.00. The van der Waals surface area contributed by atoms with E-state index >= 15 is 0 Å². The van der Waals surface area contributed by atoms with Crippen molar-refractivity contribution in [2.45, 2.75) is 14.9 Å². The normalized spacial score (nSPS) is 0. The molecule has 0 aliphatic heterocycles. The molecule has 0 atom stereocenters. The van der Waals surface area contributed by atoms with Gasteiger partial charge in [0.05, 0.1) is 0 Å². The van der Waals surface area contributed by atoms with Gasteiger partial charge in [0.2, 0.25) is 0 Å². The van der Waals surface area contributed by atoms with E-state index in [1.807, 2.05) is 0 Å². The van der Waals surface area contributed by atoms with Crippen molar-refractivity contribution in [1.29, 1.82) is 0 Å². The first-order chi connectivity index (χ1) is 0. The topological polar surface area (TPSA) is 0 Å². The third-order valence-electron chi connectivity index (χ3n) is 0. The molecule has 0 bridgehead atoms. The summed E-state index contributed by atoms with van der Waals surface area (Å²) in [5.74, 6) is 0. The SMILES string of the molecule is C.C.[Fe].[Fe].[Fe].[Fe].[Fe]. The molecule has 0 aromatic heterocycles. The summed E-state index contributed by atoms with van der Waals surface area (Å²) in [6.07, 6.45) is 0. The van der Waals surface area contributed by atoms with Gasteiger partial charge in [0.25, 0.3) is 0 Å². The van der Waals surface area contributed by atoms with Crippen LogP contribution in [-0.2, 0) is 85.3 Å². The predicted molar refractivity (Wildman–Crippen MR) is 13.5 cm³/mol. The molecule has 0 saturated carbocycles. The summed E-state index contributed by atoms with van der Waals surface area (Å²) in [4.78, 5) is 0. The van der Waals surface area contributed by atoms with Crippen LogP contribution in [0.5, 0.6) is 0 Å². The van der Waals surface area contributed by atoms with Crippen molar-refractivity contribution in [3.63, 3.8) is 0 Å². The van der Waals surface area contributed by atoms with E-state index in [-0.39, 0.29) is 100 Å². The Morgan fingerprint density at radius 1 is 0.286 bits per heavy atom. The monoisotopic (exact) mass is 312 g/mol. The largest absolute Gasteiger partial charge is 0.0776 e. The molecule has 0 heterocycles. The van der Waals surface area contributed by atoms with Crippen molar-refractivity contribution in [3.05, 3.63) is 0 Å². The van der Waals surface area contributed by atoms with Crippen LogP contribution in [0.3, 0.4) is 0 Å². The van der Waals surface area contributed by atoms with Crippen molar-refractivity contribution in [1.82, 2.24) is 0 Å². The summed E-state index contributed by atoms with van der Waals surface area (Å²) < 4.78 is 0. The van der Waals surface area contributed by atoms with Crippen molar-refractivity contribution in [2.75, 3.05) is 0 Å². The number of rotatable bonds is 0. The fourth-order valence-electron chi connectivity index (χ4n) is 0. The second-order valence-corrected chi connectivity index (χ2v) is 0. The minimum Gasteiger partial charge on any atom is -0.0776 e. The number of hydrogen-bond donors (Lipinski definition) is 0. The zero-order valence-corrected chi connectivity index (χ0v) is 7.29. The van der Waals surface area contributed by atoms with Crippen molar-refractivity contribution in [3.8, 4) is 0 Å². The Balaban J connectivity index is 0. The van der Waals surface area contributed by atoms with Gasteiger partial charge in [-0.15, -0.1) is 0 Å². The zero-order chi connectivity index (χ0) is 0. The first-order valence-electron chi connectivity index (χ1n) is 0. The molecule has 0 radical (unpaired) electrons. The maximum absolute atomic E-state index is 0. The van der Waals surface area contributed by atoms with E-state index in [4.69, 9.17) is 0 Å². The molecule has 0 nitrogen and oxygen atoms in total.